The zero-order valence-corrected chi connectivity index (χ0v) is 13.1. The van der Waals surface area contributed by atoms with Gasteiger partial charge in [-0.2, -0.15) is 0 Å². The fourth-order valence-electron chi connectivity index (χ4n) is 1.62. The third kappa shape index (κ3) is 5.21. The quantitative estimate of drug-likeness (QED) is 0.793. The topological polar surface area (TPSA) is 81.4 Å². The van der Waals surface area contributed by atoms with E-state index < -0.39 is 11.9 Å². The molecule has 0 saturated heterocycles. The molecule has 0 aliphatic heterocycles. The van der Waals surface area contributed by atoms with Crippen molar-refractivity contribution in [2.24, 2.45) is 11.7 Å². The Morgan fingerprint density at radius 2 is 1.95 bits per heavy atom. The summed E-state index contributed by atoms with van der Waals surface area (Å²) in [6.45, 7) is 3.65. The molecule has 2 amide bonds. The van der Waals surface area contributed by atoms with Crippen LogP contribution in [0.25, 0.3) is 0 Å². The van der Waals surface area contributed by atoms with Crippen molar-refractivity contribution in [2.75, 3.05) is 6.61 Å². The molecule has 5 nitrogen and oxygen atoms in total. The van der Waals surface area contributed by atoms with Crippen LogP contribution in [0, 0.1) is 5.92 Å². The number of halogens is 1. The van der Waals surface area contributed by atoms with Crippen molar-refractivity contribution in [1.82, 2.24) is 5.32 Å². The van der Waals surface area contributed by atoms with Crippen LogP contribution in [0.2, 0.25) is 0 Å². The first kappa shape index (κ1) is 16.5. The van der Waals surface area contributed by atoms with Gasteiger partial charge in [0.05, 0.1) is 0 Å². The van der Waals surface area contributed by atoms with Gasteiger partial charge in [0.25, 0.3) is 5.91 Å². The van der Waals surface area contributed by atoms with Gasteiger partial charge in [-0.15, -0.1) is 0 Å². The van der Waals surface area contributed by atoms with E-state index >= 15 is 0 Å². The van der Waals surface area contributed by atoms with Gasteiger partial charge in [0.1, 0.15) is 11.8 Å². The van der Waals surface area contributed by atoms with E-state index in [4.69, 9.17) is 10.5 Å². The van der Waals surface area contributed by atoms with Crippen LogP contribution < -0.4 is 15.8 Å². The normalized spacial score (nSPS) is 13.3. The molecular formula is C14H19BrN2O3. The summed E-state index contributed by atoms with van der Waals surface area (Å²) in [7, 11) is 0. The van der Waals surface area contributed by atoms with Crippen molar-refractivity contribution in [3.05, 3.63) is 28.7 Å². The van der Waals surface area contributed by atoms with E-state index in [-0.39, 0.29) is 18.4 Å². The minimum Gasteiger partial charge on any atom is -0.484 e. The summed E-state index contributed by atoms with van der Waals surface area (Å²) in [6.07, 6.45) is 0.751. The number of ether oxygens (including phenoxy) is 1. The molecule has 2 atom stereocenters. The maximum atomic E-state index is 11.8. The molecule has 6 heteroatoms. The first-order valence-corrected chi connectivity index (χ1v) is 7.20. The van der Waals surface area contributed by atoms with Gasteiger partial charge in [0.2, 0.25) is 5.91 Å². The second-order valence-electron chi connectivity index (χ2n) is 4.58. The monoisotopic (exact) mass is 342 g/mol. The molecule has 1 rings (SSSR count). The number of amides is 2. The molecule has 0 bridgehead atoms. The van der Waals surface area contributed by atoms with Crippen LogP contribution in [-0.2, 0) is 9.59 Å². The van der Waals surface area contributed by atoms with Gasteiger partial charge in [-0.1, -0.05) is 36.2 Å². The zero-order chi connectivity index (χ0) is 15.1. The Balaban J connectivity index is 2.49. The Hall–Kier alpha value is -1.56. The van der Waals surface area contributed by atoms with E-state index in [1.165, 1.54) is 0 Å². The van der Waals surface area contributed by atoms with E-state index in [0.29, 0.717) is 5.75 Å². The van der Waals surface area contributed by atoms with Crippen LogP contribution in [0.15, 0.2) is 28.7 Å². The predicted molar refractivity (Wildman–Crippen MR) is 80.2 cm³/mol. The minimum atomic E-state index is -0.666. The van der Waals surface area contributed by atoms with Crippen LogP contribution in [-0.4, -0.2) is 24.5 Å². The molecule has 1 aromatic rings. The van der Waals surface area contributed by atoms with Gasteiger partial charge in [0.15, 0.2) is 6.61 Å². The molecule has 1 aromatic carbocycles. The van der Waals surface area contributed by atoms with Gasteiger partial charge in [-0.05, 0) is 30.2 Å². The molecule has 0 heterocycles. The first-order chi connectivity index (χ1) is 9.43. The molecule has 3 N–H and O–H groups in total. The zero-order valence-electron chi connectivity index (χ0n) is 11.6. The van der Waals surface area contributed by atoms with Crippen LogP contribution in [0.3, 0.4) is 0 Å². The number of benzene rings is 1. The molecular weight excluding hydrogens is 324 g/mol. The average Bonchev–Trinajstić information content (AvgIpc) is 2.43. The number of hydrogen-bond donors (Lipinski definition) is 2. The SMILES string of the molecule is CCC(C)C(NC(=O)COc1ccc(Br)cc1)C(N)=O. The van der Waals surface area contributed by atoms with Crippen molar-refractivity contribution in [3.8, 4) is 5.75 Å². The smallest absolute Gasteiger partial charge is 0.258 e. The number of carbonyl (C=O) groups is 2. The van der Waals surface area contributed by atoms with Crippen LogP contribution in [0.5, 0.6) is 5.75 Å². The average molecular weight is 343 g/mol. The second-order valence-corrected chi connectivity index (χ2v) is 5.49. The number of carbonyl (C=O) groups excluding carboxylic acids is 2. The van der Waals surface area contributed by atoms with Gasteiger partial charge in [-0.25, -0.2) is 0 Å². The predicted octanol–water partition coefficient (Wildman–Crippen LogP) is 1.84. The fraction of sp³-hybridized carbons (Fsp3) is 0.429. The summed E-state index contributed by atoms with van der Waals surface area (Å²) in [5.74, 6) is -0.319. The summed E-state index contributed by atoms with van der Waals surface area (Å²) in [4.78, 5) is 23.1. The van der Waals surface area contributed by atoms with Gasteiger partial charge >= 0.3 is 0 Å². The molecule has 0 saturated carbocycles. The Morgan fingerprint density at radius 1 is 1.35 bits per heavy atom. The lowest BCUT2D eigenvalue weighted by Crippen LogP contribution is -2.49. The molecule has 2 unspecified atom stereocenters. The highest BCUT2D eigenvalue weighted by Crippen LogP contribution is 2.16. The van der Waals surface area contributed by atoms with E-state index in [2.05, 4.69) is 21.2 Å². The molecule has 0 radical (unpaired) electrons. The van der Waals surface area contributed by atoms with Crippen LogP contribution in [0.1, 0.15) is 20.3 Å². The lowest BCUT2D eigenvalue weighted by atomic mass is 9.99. The number of nitrogens with two attached hydrogens (primary N) is 1. The van der Waals surface area contributed by atoms with Crippen molar-refractivity contribution >= 4 is 27.7 Å². The molecule has 0 spiro atoms. The standard InChI is InChI=1S/C14H19BrN2O3/c1-3-9(2)13(14(16)19)17-12(18)8-20-11-6-4-10(15)5-7-11/h4-7,9,13H,3,8H2,1-2H3,(H2,16,19)(H,17,18). The largest absolute Gasteiger partial charge is 0.484 e. The number of nitrogens with one attached hydrogen (secondary N) is 1. The highest BCUT2D eigenvalue weighted by molar-refractivity contribution is 9.10. The molecule has 0 aliphatic rings. The van der Waals surface area contributed by atoms with Crippen molar-refractivity contribution in [1.29, 1.82) is 0 Å². The highest BCUT2D eigenvalue weighted by Gasteiger charge is 2.23. The van der Waals surface area contributed by atoms with Crippen LogP contribution in [0.4, 0.5) is 0 Å². The van der Waals surface area contributed by atoms with E-state index in [1.807, 2.05) is 26.0 Å². The number of rotatable bonds is 7. The highest BCUT2D eigenvalue weighted by atomic mass is 79.9. The third-order valence-corrected chi connectivity index (χ3v) is 3.55. The fourth-order valence-corrected chi connectivity index (χ4v) is 1.89. The first-order valence-electron chi connectivity index (χ1n) is 6.41. The van der Waals surface area contributed by atoms with Crippen molar-refractivity contribution in [3.63, 3.8) is 0 Å². The molecule has 20 heavy (non-hydrogen) atoms. The molecule has 0 aromatic heterocycles. The molecule has 0 fully saturated rings. The van der Waals surface area contributed by atoms with Crippen LogP contribution >= 0.6 is 15.9 Å². The lowest BCUT2D eigenvalue weighted by molar-refractivity contribution is -0.129. The Morgan fingerprint density at radius 3 is 2.45 bits per heavy atom. The summed E-state index contributed by atoms with van der Waals surface area (Å²) >= 11 is 3.31. The maximum Gasteiger partial charge on any atom is 0.258 e. The van der Waals surface area contributed by atoms with Crippen molar-refractivity contribution < 1.29 is 14.3 Å². The number of hydrogen-bond acceptors (Lipinski definition) is 3. The third-order valence-electron chi connectivity index (χ3n) is 3.02. The van der Waals surface area contributed by atoms with Gasteiger partial charge in [-0.3, -0.25) is 9.59 Å². The van der Waals surface area contributed by atoms with E-state index in [9.17, 15) is 9.59 Å². The summed E-state index contributed by atoms with van der Waals surface area (Å²) in [5, 5.41) is 2.60. The maximum absolute atomic E-state index is 11.8. The Labute approximate surface area is 127 Å². The molecule has 110 valence electrons. The number of primary amides is 1. The Kier molecular flexibility index (Phi) is 6.51. The van der Waals surface area contributed by atoms with Gasteiger partial charge in [0, 0.05) is 4.47 Å². The summed E-state index contributed by atoms with van der Waals surface area (Å²) in [6, 6.07) is 6.47. The minimum absolute atomic E-state index is 0.0101. The van der Waals surface area contributed by atoms with E-state index in [0.717, 1.165) is 10.9 Å². The lowest BCUT2D eigenvalue weighted by Gasteiger charge is -2.21. The Bertz CT molecular complexity index is 462. The van der Waals surface area contributed by atoms with Crippen molar-refractivity contribution in [2.45, 2.75) is 26.3 Å². The molecule has 0 aliphatic carbocycles. The van der Waals surface area contributed by atoms with Gasteiger partial charge < -0.3 is 15.8 Å². The summed E-state index contributed by atoms with van der Waals surface area (Å²) in [5.41, 5.74) is 5.29. The summed E-state index contributed by atoms with van der Waals surface area (Å²) < 4.78 is 6.26. The van der Waals surface area contributed by atoms with E-state index in [1.54, 1.807) is 12.1 Å². The second kappa shape index (κ2) is 7.89.